The summed E-state index contributed by atoms with van der Waals surface area (Å²) in [6.45, 7) is 0. The molecule has 5 heteroatoms. The van der Waals surface area contributed by atoms with E-state index in [1.54, 1.807) is 12.1 Å². The summed E-state index contributed by atoms with van der Waals surface area (Å²) in [6.07, 6.45) is 0. The van der Waals surface area contributed by atoms with Crippen LogP contribution in [0.25, 0.3) is 28.2 Å². The molecule has 0 aliphatic carbocycles. The van der Waals surface area contributed by atoms with E-state index >= 15 is 0 Å². The van der Waals surface area contributed by atoms with Crippen molar-refractivity contribution in [1.82, 2.24) is 13.6 Å². The molecule has 5 nitrogen and oxygen atoms in total. The molecule has 0 aliphatic heterocycles. The van der Waals surface area contributed by atoms with Crippen LogP contribution >= 0.6 is 0 Å². The summed E-state index contributed by atoms with van der Waals surface area (Å²) >= 11 is 0. The lowest BCUT2D eigenvalue weighted by Gasteiger charge is -2.18. The van der Waals surface area contributed by atoms with E-state index in [4.69, 9.17) is 0 Å². The number of nitrogens with zero attached hydrogens (tertiary/aromatic N) is 3. The second-order valence-corrected chi connectivity index (χ2v) is 6.29. The third kappa shape index (κ3) is 2.18. The van der Waals surface area contributed by atoms with E-state index in [0.717, 1.165) is 22.5 Å². The number of benzene rings is 3. The molecule has 5 rings (SSSR count). The van der Waals surface area contributed by atoms with Crippen LogP contribution in [0.3, 0.4) is 0 Å². The smallest absolute Gasteiger partial charge is 0.245 e. The summed E-state index contributed by atoms with van der Waals surface area (Å²) in [5, 5.41) is 0. The van der Waals surface area contributed by atoms with Crippen molar-refractivity contribution in [3.05, 3.63) is 112 Å². The van der Waals surface area contributed by atoms with Crippen LogP contribution in [0, 0.1) is 0 Å². The van der Waals surface area contributed by atoms with Crippen LogP contribution in [0.15, 0.2) is 101 Å². The molecule has 130 valence electrons. The van der Waals surface area contributed by atoms with Crippen molar-refractivity contribution < 1.29 is 0 Å². The van der Waals surface area contributed by atoms with Gasteiger partial charge in [0.2, 0.25) is 0 Å². The predicted octanol–water partition coefficient (Wildman–Crippen LogP) is 3.32. The van der Waals surface area contributed by atoms with E-state index in [1.807, 2.05) is 78.9 Å². The van der Waals surface area contributed by atoms with Crippen molar-refractivity contribution in [3.63, 3.8) is 0 Å². The maximum atomic E-state index is 13.1. The molecule has 0 fully saturated rings. The minimum absolute atomic E-state index is 0.371. The molecule has 0 saturated carbocycles. The molecule has 0 radical (unpaired) electrons. The topological polar surface area (TPSA) is 47.9 Å². The van der Waals surface area contributed by atoms with Gasteiger partial charge in [0, 0.05) is 11.1 Å². The Labute approximate surface area is 154 Å². The molecular formula is C22H15N3O2. The van der Waals surface area contributed by atoms with E-state index in [0.29, 0.717) is 5.69 Å². The van der Waals surface area contributed by atoms with Crippen molar-refractivity contribution in [3.8, 4) is 28.2 Å². The molecule has 0 spiro atoms. The lowest BCUT2D eigenvalue weighted by molar-refractivity contribution is 0.742. The van der Waals surface area contributed by atoms with Gasteiger partial charge in [-0.2, -0.15) is 9.03 Å². The number of hydrogen-bond donors (Lipinski definition) is 0. The highest BCUT2D eigenvalue weighted by molar-refractivity contribution is 5.80. The van der Waals surface area contributed by atoms with Gasteiger partial charge in [-0.15, -0.1) is 0 Å². The van der Waals surface area contributed by atoms with Gasteiger partial charge in [-0.25, -0.2) is 14.2 Å². The monoisotopic (exact) mass is 353 g/mol. The highest BCUT2D eigenvalue weighted by Crippen LogP contribution is 2.33. The number of rotatable bonds is 3. The second kappa shape index (κ2) is 5.85. The molecule has 0 bridgehead atoms. The van der Waals surface area contributed by atoms with Gasteiger partial charge in [-0.1, -0.05) is 78.9 Å². The van der Waals surface area contributed by atoms with Gasteiger partial charge >= 0.3 is 11.4 Å². The number of hydrogen-bond acceptors (Lipinski definition) is 2. The van der Waals surface area contributed by atoms with Crippen LogP contribution in [0.5, 0.6) is 0 Å². The quantitative estimate of drug-likeness (QED) is 0.500. The highest BCUT2D eigenvalue weighted by Gasteiger charge is 2.27. The van der Waals surface area contributed by atoms with Gasteiger partial charge < -0.3 is 0 Å². The zero-order valence-electron chi connectivity index (χ0n) is 14.3. The van der Waals surface area contributed by atoms with Gasteiger partial charge in [0.25, 0.3) is 0 Å². The summed E-state index contributed by atoms with van der Waals surface area (Å²) in [5.41, 5.74) is 3.07. The summed E-state index contributed by atoms with van der Waals surface area (Å²) in [5.74, 6) is 0. The minimum atomic E-state index is -0.371. The Balaban J connectivity index is 1.89. The Morgan fingerprint density at radius 3 is 1.26 bits per heavy atom. The Morgan fingerprint density at radius 2 is 0.852 bits per heavy atom. The first-order valence-electron chi connectivity index (χ1n) is 8.66. The molecule has 2 aromatic heterocycles. The molecule has 0 amide bonds. The van der Waals surface area contributed by atoms with Crippen molar-refractivity contribution >= 4 is 0 Å². The van der Waals surface area contributed by atoms with E-state index in [9.17, 15) is 9.59 Å². The van der Waals surface area contributed by atoms with E-state index < -0.39 is 0 Å². The maximum absolute atomic E-state index is 13.1. The van der Waals surface area contributed by atoms with Crippen molar-refractivity contribution in [2.24, 2.45) is 0 Å². The molecule has 0 saturated heterocycles. The molecule has 0 atom stereocenters. The standard InChI is InChI=1S/C22H15N3O2/c26-21-23(18-14-8-3-9-15-18)22(27)25-20(17-12-6-2-7-13-17)19(24(21)25)16-10-4-1-5-11-16/h1-15H. The molecule has 27 heavy (non-hydrogen) atoms. The van der Waals surface area contributed by atoms with Crippen molar-refractivity contribution in [2.45, 2.75) is 0 Å². The van der Waals surface area contributed by atoms with Crippen LogP contribution in [-0.4, -0.2) is 13.6 Å². The number of aromatic nitrogens is 3. The Hall–Kier alpha value is -3.86. The Bertz CT molecular complexity index is 1250. The third-order valence-corrected chi connectivity index (χ3v) is 4.70. The maximum Gasteiger partial charge on any atom is 0.357 e. The highest BCUT2D eigenvalue weighted by atomic mass is 16.2. The van der Waals surface area contributed by atoms with Crippen LogP contribution in [0.4, 0.5) is 0 Å². The van der Waals surface area contributed by atoms with Gasteiger partial charge in [-0.3, -0.25) is 0 Å². The van der Waals surface area contributed by atoms with Gasteiger partial charge in [-0.05, 0) is 12.1 Å². The van der Waals surface area contributed by atoms with Crippen molar-refractivity contribution in [2.75, 3.05) is 0 Å². The lowest BCUT2D eigenvalue weighted by atomic mass is 10.0. The largest absolute Gasteiger partial charge is 0.357 e. The van der Waals surface area contributed by atoms with E-state index in [2.05, 4.69) is 0 Å². The first kappa shape index (κ1) is 15.4. The first-order valence-corrected chi connectivity index (χ1v) is 8.66. The van der Waals surface area contributed by atoms with Gasteiger partial charge in [0.05, 0.1) is 5.69 Å². The summed E-state index contributed by atoms with van der Waals surface area (Å²) in [4.78, 5) is 26.2. The Kier molecular flexibility index (Phi) is 3.33. The van der Waals surface area contributed by atoms with Gasteiger partial charge in [0.15, 0.2) is 0 Å². The van der Waals surface area contributed by atoms with Crippen LogP contribution in [-0.2, 0) is 0 Å². The molecule has 0 unspecified atom stereocenters. The van der Waals surface area contributed by atoms with Crippen LogP contribution in [0.2, 0.25) is 0 Å². The molecule has 2 heterocycles. The zero-order chi connectivity index (χ0) is 18.4. The average Bonchev–Trinajstić information content (AvgIpc) is 2.90. The van der Waals surface area contributed by atoms with Crippen molar-refractivity contribution in [1.29, 1.82) is 0 Å². The molecule has 0 N–H and O–H groups in total. The second-order valence-electron chi connectivity index (χ2n) is 6.29. The minimum Gasteiger partial charge on any atom is -0.245 e. The molecular weight excluding hydrogens is 338 g/mol. The summed E-state index contributed by atoms with van der Waals surface area (Å²) in [6, 6.07) is 28.3. The SMILES string of the molecule is O=c1n(-c2ccccc2)c(=O)n2c(-c3ccccc3)c(-c3ccccc3)n12. The fraction of sp³-hybridized carbons (Fsp3) is 0. The number of para-hydroxylation sites is 1. The summed E-state index contributed by atoms with van der Waals surface area (Å²) in [7, 11) is 0. The van der Waals surface area contributed by atoms with E-state index in [1.165, 1.54) is 13.6 Å². The molecule has 5 aromatic rings. The zero-order valence-corrected chi connectivity index (χ0v) is 14.3. The van der Waals surface area contributed by atoms with Crippen LogP contribution < -0.4 is 11.4 Å². The normalized spacial score (nSPS) is 11.3. The number of fused-ring (bicyclic) bond motifs is 1. The van der Waals surface area contributed by atoms with E-state index in [-0.39, 0.29) is 11.4 Å². The molecule has 3 aromatic carbocycles. The lowest BCUT2D eigenvalue weighted by Crippen LogP contribution is -2.25. The molecule has 0 aliphatic rings. The predicted molar refractivity (Wildman–Crippen MR) is 105 cm³/mol. The average molecular weight is 353 g/mol. The Morgan fingerprint density at radius 1 is 0.481 bits per heavy atom. The first-order chi connectivity index (χ1) is 13.3. The fourth-order valence-electron chi connectivity index (χ4n) is 3.50. The fourth-order valence-corrected chi connectivity index (χ4v) is 3.50. The van der Waals surface area contributed by atoms with Gasteiger partial charge in [0.1, 0.15) is 11.4 Å². The summed E-state index contributed by atoms with van der Waals surface area (Å²) < 4.78 is 4.11. The third-order valence-electron chi connectivity index (χ3n) is 4.70. The van der Waals surface area contributed by atoms with Crippen LogP contribution in [0.1, 0.15) is 0 Å².